The molecule has 0 aliphatic heterocycles. The van der Waals surface area contributed by atoms with Gasteiger partial charge in [-0.15, -0.1) is 0 Å². The number of H-pyrrole nitrogens is 1. The van der Waals surface area contributed by atoms with Crippen LogP contribution in [-0.2, 0) is 10.2 Å². The number of nitrogens with one attached hydrogen (secondary N) is 2. The van der Waals surface area contributed by atoms with Gasteiger partial charge in [0, 0.05) is 27.8 Å². The van der Waals surface area contributed by atoms with Crippen LogP contribution in [-0.4, -0.2) is 10.9 Å². The third-order valence-electron chi connectivity index (χ3n) is 4.79. The van der Waals surface area contributed by atoms with Crippen molar-refractivity contribution in [2.45, 2.75) is 25.2 Å². The number of hydrogen-bond donors (Lipinski definition) is 2. The summed E-state index contributed by atoms with van der Waals surface area (Å²) in [4.78, 5) is 16.1. The molecule has 1 aliphatic rings. The lowest BCUT2D eigenvalue weighted by atomic mass is 9.94. The minimum absolute atomic E-state index is 0.0713. The molecule has 0 spiro atoms. The summed E-state index contributed by atoms with van der Waals surface area (Å²) in [5, 5.41) is 4.34. The number of amides is 1. The highest BCUT2D eigenvalue weighted by Gasteiger charge is 2.52. The van der Waals surface area contributed by atoms with Gasteiger partial charge in [0.15, 0.2) is 0 Å². The van der Waals surface area contributed by atoms with Crippen LogP contribution in [0.3, 0.4) is 0 Å². The van der Waals surface area contributed by atoms with Crippen molar-refractivity contribution >= 4 is 34.1 Å². The number of carbonyl (C=O) groups excluding carboxylic acids is 1. The number of halogens is 2. The fourth-order valence-electron chi connectivity index (χ4n) is 3.20. The van der Waals surface area contributed by atoms with E-state index in [9.17, 15) is 9.18 Å². The second-order valence-electron chi connectivity index (χ2n) is 6.39. The monoisotopic (exact) mass is 342 g/mol. The molecular formula is C19H16ClFN2O. The van der Waals surface area contributed by atoms with Gasteiger partial charge >= 0.3 is 0 Å². The van der Waals surface area contributed by atoms with Crippen molar-refractivity contribution in [1.29, 1.82) is 0 Å². The molecule has 122 valence electrons. The van der Waals surface area contributed by atoms with Gasteiger partial charge in [-0.05, 0) is 61.2 Å². The van der Waals surface area contributed by atoms with Crippen molar-refractivity contribution in [2.75, 3.05) is 5.32 Å². The van der Waals surface area contributed by atoms with Gasteiger partial charge in [-0.2, -0.15) is 0 Å². The number of aromatic nitrogens is 1. The Morgan fingerprint density at radius 2 is 2.04 bits per heavy atom. The van der Waals surface area contributed by atoms with E-state index in [1.807, 2.05) is 19.2 Å². The number of hydrogen-bond acceptors (Lipinski definition) is 1. The predicted octanol–water partition coefficient (Wildman–Crippen LogP) is 4.94. The smallest absolute Gasteiger partial charge is 0.235 e. The quantitative estimate of drug-likeness (QED) is 0.695. The molecule has 3 nitrogen and oxygen atoms in total. The zero-order chi connectivity index (χ0) is 16.9. The Morgan fingerprint density at radius 3 is 2.79 bits per heavy atom. The third-order valence-corrected chi connectivity index (χ3v) is 5.03. The van der Waals surface area contributed by atoms with Crippen LogP contribution >= 0.6 is 11.6 Å². The van der Waals surface area contributed by atoms with Crippen LogP contribution in [0.4, 0.5) is 10.1 Å². The van der Waals surface area contributed by atoms with Crippen molar-refractivity contribution < 1.29 is 9.18 Å². The normalized spacial score (nSPS) is 15.5. The van der Waals surface area contributed by atoms with Crippen LogP contribution in [0, 0.1) is 12.7 Å². The zero-order valence-electron chi connectivity index (χ0n) is 13.1. The van der Waals surface area contributed by atoms with Gasteiger partial charge in [-0.25, -0.2) is 4.39 Å². The molecule has 1 heterocycles. The Labute approximate surface area is 143 Å². The molecule has 1 fully saturated rings. The van der Waals surface area contributed by atoms with E-state index in [0.717, 1.165) is 34.9 Å². The van der Waals surface area contributed by atoms with Crippen LogP contribution in [0.25, 0.3) is 10.9 Å². The van der Waals surface area contributed by atoms with E-state index in [0.29, 0.717) is 10.7 Å². The fraction of sp³-hybridized carbons (Fsp3) is 0.211. The molecule has 0 saturated heterocycles. The van der Waals surface area contributed by atoms with Crippen LogP contribution in [0.5, 0.6) is 0 Å². The highest BCUT2D eigenvalue weighted by Crippen LogP contribution is 2.51. The predicted molar refractivity (Wildman–Crippen MR) is 94.0 cm³/mol. The Morgan fingerprint density at radius 1 is 1.25 bits per heavy atom. The lowest BCUT2D eigenvalue weighted by Crippen LogP contribution is -2.28. The molecule has 0 unspecified atom stereocenters. The van der Waals surface area contributed by atoms with Gasteiger partial charge < -0.3 is 10.3 Å². The van der Waals surface area contributed by atoms with E-state index >= 15 is 0 Å². The fourth-order valence-corrected chi connectivity index (χ4v) is 3.38. The summed E-state index contributed by atoms with van der Waals surface area (Å²) in [6, 6.07) is 10.0. The summed E-state index contributed by atoms with van der Waals surface area (Å²) >= 11 is 6.03. The number of fused-ring (bicyclic) bond motifs is 1. The number of anilines is 1. The van der Waals surface area contributed by atoms with Gasteiger partial charge in [-0.1, -0.05) is 17.7 Å². The van der Waals surface area contributed by atoms with Gasteiger partial charge in [0.1, 0.15) is 5.82 Å². The lowest BCUT2D eigenvalue weighted by Gasteiger charge is -2.16. The summed E-state index contributed by atoms with van der Waals surface area (Å²) in [5.74, 6) is -0.372. The van der Waals surface area contributed by atoms with Gasteiger partial charge in [0.25, 0.3) is 0 Å². The van der Waals surface area contributed by atoms with E-state index in [1.54, 1.807) is 18.2 Å². The second-order valence-corrected chi connectivity index (χ2v) is 6.82. The largest absolute Gasteiger partial charge is 0.361 e. The molecule has 5 heteroatoms. The molecule has 0 atom stereocenters. The first kappa shape index (κ1) is 15.2. The molecule has 1 saturated carbocycles. The molecule has 1 aliphatic carbocycles. The van der Waals surface area contributed by atoms with Crippen molar-refractivity contribution in [1.82, 2.24) is 4.98 Å². The minimum atomic E-state index is -0.596. The van der Waals surface area contributed by atoms with Crippen LogP contribution < -0.4 is 5.32 Å². The third kappa shape index (κ3) is 2.38. The standard InChI is InChI=1S/C19H16ClFN2O/c1-11-2-3-12(20)8-17(11)23-18(24)19(6-7-19)15-10-22-16-5-4-13(21)9-14(15)16/h2-5,8-10,22H,6-7H2,1H3,(H,23,24). The first-order valence-electron chi connectivity index (χ1n) is 7.84. The van der Waals surface area contributed by atoms with Gasteiger partial charge in [0.2, 0.25) is 5.91 Å². The van der Waals surface area contributed by atoms with Crippen LogP contribution in [0.1, 0.15) is 24.0 Å². The van der Waals surface area contributed by atoms with E-state index in [2.05, 4.69) is 10.3 Å². The van der Waals surface area contributed by atoms with Crippen LogP contribution in [0.2, 0.25) is 5.02 Å². The van der Waals surface area contributed by atoms with Crippen molar-refractivity contribution in [2.24, 2.45) is 0 Å². The maximum Gasteiger partial charge on any atom is 0.235 e. The van der Waals surface area contributed by atoms with Crippen molar-refractivity contribution in [3.63, 3.8) is 0 Å². The van der Waals surface area contributed by atoms with E-state index in [4.69, 9.17) is 11.6 Å². The first-order chi connectivity index (χ1) is 11.5. The van der Waals surface area contributed by atoms with Gasteiger partial charge in [-0.3, -0.25) is 4.79 Å². The summed E-state index contributed by atoms with van der Waals surface area (Å²) < 4.78 is 13.6. The average molecular weight is 343 g/mol. The number of aromatic amines is 1. The maximum atomic E-state index is 13.6. The number of rotatable bonds is 3. The van der Waals surface area contributed by atoms with E-state index < -0.39 is 5.41 Å². The Hall–Kier alpha value is -2.33. The highest BCUT2D eigenvalue weighted by molar-refractivity contribution is 6.31. The number of benzene rings is 2. The van der Waals surface area contributed by atoms with E-state index in [1.165, 1.54) is 12.1 Å². The second kappa shape index (κ2) is 5.35. The number of carbonyl (C=O) groups is 1. The molecular weight excluding hydrogens is 327 g/mol. The van der Waals surface area contributed by atoms with E-state index in [-0.39, 0.29) is 11.7 Å². The molecule has 1 aromatic heterocycles. The molecule has 24 heavy (non-hydrogen) atoms. The Balaban J connectivity index is 1.71. The van der Waals surface area contributed by atoms with Crippen LogP contribution in [0.15, 0.2) is 42.6 Å². The average Bonchev–Trinajstić information content (AvgIpc) is 3.25. The summed E-state index contributed by atoms with van der Waals surface area (Å²) in [6.45, 7) is 1.92. The molecule has 4 rings (SSSR count). The topological polar surface area (TPSA) is 44.9 Å². The highest BCUT2D eigenvalue weighted by atomic mass is 35.5. The summed E-state index contributed by atoms with van der Waals surface area (Å²) in [6.07, 6.45) is 3.32. The lowest BCUT2D eigenvalue weighted by molar-refractivity contribution is -0.118. The van der Waals surface area contributed by atoms with Crippen molar-refractivity contribution in [3.8, 4) is 0 Å². The zero-order valence-corrected chi connectivity index (χ0v) is 13.9. The molecule has 2 N–H and O–H groups in total. The maximum absolute atomic E-state index is 13.6. The Bertz CT molecular complexity index is 959. The molecule has 1 amide bonds. The SMILES string of the molecule is Cc1ccc(Cl)cc1NC(=O)C1(c2c[nH]c3ccc(F)cc23)CC1. The molecule has 0 radical (unpaired) electrons. The Kier molecular flexibility index (Phi) is 3.39. The molecule has 3 aromatic rings. The number of aryl methyl sites for hydroxylation is 1. The molecule has 0 bridgehead atoms. The summed E-state index contributed by atoms with van der Waals surface area (Å²) in [7, 11) is 0. The molecule has 2 aromatic carbocycles. The van der Waals surface area contributed by atoms with Gasteiger partial charge in [0.05, 0.1) is 5.41 Å². The minimum Gasteiger partial charge on any atom is -0.361 e. The first-order valence-corrected chi connectivity index (χ1v) is 8.22. The summed E-state index contributed by atoms with van der Waals surface area (Å²) in [5.41, 5.74) is 2.76. The van der Waals surface area contributed by atoms with Crippen molar-refractivity contribution in [3.05, 3.63) is 64.6 Å².